The van der Waals surface area contributed by atoms with Gasteiger partial charge in [0.1, 0.15) is 30.8 Å². The van der Waals surface area contributed by atoms with Crippen molar-refractivity contribution >= 4 is 29.2 Å². The number of hydrogen-bond acceptors (Lipinski definition) is 13. The lowest BCUT2D eigenvalue weighted by Gasteiger charge is -2.34. The highest BCUT2D eigenvalue weighted by Crippen LogP contribution is 2.41. The first-order chi connectivity index (χ1) is 32.1. The number of Topliss-reactive ketones (excluding diaryl/α,β-unsaturated/α-hetero) is 3. The molecule has 15 nitrogen and oxygen atoms in total. The van der Waals surface area contributed by atoms with E-state index in [-0.39, 0.29) is 81.8 Å². The molecule has 1 aromatic heterocycles. The summed E-state index contributed by atoms with van der Waals surface area (Å²) >= 11 is 0. The first-order valence-corrected chi connectivity index (χ1v) is 23.3. The zero-order valence-electron chi connectivity index (χ0n) is 41.0. The minimum absolute atomic E-state index is 0.0346. The fourth-order valence-electron chi connectivity index (χ4n) is 8.70. The second-order valence-corrected chi connectivity index (χ2v) is 19.6. The van der Waals surface area contributed by atoms with Crippen molar-refractivity contribution < 1.29 is 33.4 Å². The molecule has 68 heavy (non-hydrogen) atoms. The summed E-state index contributed by atoms with van der Waals surface area (Å²) in [5.74, 6) is -2.79. The Kier molecular flexibility index (Phi) is 17.5. The third kappa shape index (κ3) is 13.2. The van der Waals surface area contributed by atoms with E-state index in [0.29, 0.717) is 56.5 Å². The van der Waals surface area contributed by atoms with Crippen molar-refractivity contribution in [3.05, 3.63) is 94.3 Å². The molecular formula is C53H68N8O7. The number of nitrogens with one attached hydrogen (secondary N) is 1. The van der Waals surface area contributed by atoms with Crippen LogP contribution in [0.3, 0.4) is 0 Å². The van der Waals surface area contributed by atoms with Crippen LogP contribution in [0.4, 0.5) is 0 Å². The molecule has 0 aliphatic carbocycles. The topological polar surface area (TPSA) is 247 Å². The van der Waals surface area contributed by atoms with E-state index in [1.807, 2.05) is 36.4 Å². The summed E-state index contributed by atoms with van der Waals surface area (Å²) < 4.78 is 12.3. The Morgan fingerprint density at radius 1 is 0.882 bits per heavy atom. The number of hydrogen-bond donors (Lipinski definition) is 4. The number of aromatic nitrogens is 2. The normalized spacial score (nSPS) is 17.0. The minimum atomic E-state index is -1.26. The van der Waals surface area contributed by atoms with Crippen molar-refractivity contribution in [1.82, 2.24) is 20.2 Å². The summed E-state index contributed by atoms with van der Waals surface area (Å²) in [6, 6.07) is 18.3. The number of benzene rings is 3. The molecule has 15 heteroatoms. The van der Waals surface area contributed by atoms with Crippen LogP contribution in [-0.2, 0) is 31.0 Å². The Labute approximate surface area is 400 Å². The van der Waals surface area contributed by atoms with Gasteiger partial charge in [0.05, 0.1) is 29.1 Å². The summed E-state index contributed by atoms with van der Waals surface area (Å²) in [4.78, 5) is 82.7. The van der Waals surface area contributed by atoms with Gasteiger partial charge in [-0.3, -0.25) is 24.0 Å². The highest BCUT2D eigenvalue weighted by molar-refractivity contribution is 6.01. The maximum Gasteiger partial charge on any atom is 0.226 e. The van der Waals surface area contributed by atoms with Gasteiger partial charge in [-0.15, -0.1) is 0 Å². The minimum Gasteiger partial charge on any atom is -0.492 e. The van der Waals surface area contributed by atoms with Gasteiger partial charge in [-0.2, -0.15) is 5.26 Å². The van der Waals surface area contributed by atoms with Crippen molar-refractivity contribution in [2.45, 2.75) is 117 Å². The summed E-state index contributed by atoms with van der Waals surface area (Å²) in [5, 5.41) is 12.1. The molecule has 4 atom stereocenters. The standard InChI is InChI=1S/C53H68N8O7/c1-31-25-44(64)48(61(9)51(66)37(30-53(7,8)57)29-43(63)47-32(2)58-49(59-33(47)3)35-13-16-38(17-14-35)52(4,5)6)36-15-19-46(68-24-22-56)40(28-36)39-26-34(12-18-45(39)67-23-21-55)27-41(60-50(31)65)42(62)11-10-20-54/h12-19,26,28,31,37,41,48H,10-11,21-25,27,29-30,55-57H2,1-9H3,(H,60,65)/t31-,37+,41+,48+/m1/s1. The summed E-state index contributed by atoms with van der Waals surface area (Å²) in [6.07, 6.45) is -0.491. The molecule has 4 bridgehead atoms. The van der Waals surface area contributed by atoms with Crippen LogP contribution in [-0.4, -0.2) is 89.0 Å². The molecule has 1 aliphatic heterocycles. The summed E-state index contributed by atoms with van der Waals surface area (Å²) in [6.45, 7) is 15.8. The SMILES string of the molecule is Cc1nc(-c2ccc(C(C)(C)C)cc2)nc(C)c1C(=O)C[C@@H](CC(C)(C)N)C(=O)N(C)[C@@H]1C(=O)C[C@@H](C)C(=O)N[C@H](C(=O)CCC#N)Cc2ccc(OCCN)c(c2)-c2cc1ccc2OCCN. The molecule has 0 saturated carbocycles. The van der Waals surface area contributed by atoms with Crippen molar-refractivity contribution in [2.75, 3.05) is 33.4 Å². The number of carbonyl (C=O) groups is 5. The first-order valence-electron chi connectivity index (χ1n) is 23.3. The maximum atomic E-state index is 15.1. The number of ether oxygens (including phenoxy) is 2. The highest BCUT2D eigenvalue weighted by Gasteiger charge is 2.38. The molecule has 0 unspecified atom stereocenters. The number of likely N-dealkylation sites (N-methyl/N-ethyl adjacent to an activating group) is 1. The van der Waals surface area contributed by atoms with Crippen LogP contribution in [0.15, 0.2) is 60.7 Å². The Morgan fingerprint density at radius 3 is 2.03 bits per heavy atom. The first kappa shape index (κ1) is 52.6. The predicted octanol–water partition coefficient (Wildman–Crippen LogP) is 6.43. The van der Waals surface area contributed by atoms with Crippen LogP contribution in [0.25, 0.3) is 22.5 Å². The third-order valence-electron chi connectivity index (χ3n) is 12.1. The molecule has 4 aromatic rings. The Morgan fingerprint density at radius 2 is 1.47 bits per heavy atom. The highest BCUT2D eigenvalue weighted by atomic mass is 16.5. The number of aryl methyl sites for hydroxylation is 2. The molecule has 2 heterocycles. The van der Waals surface area contributed by atoms with Gasteiger partial charge in [-0.25, -0.2) is 9.97 Å². The molecule has 362 valence electrons. The number of nitrogens with two attached hydrogens (primary N) is 3. The van der Waals surface area contributed by atoms with E-state index in [1.54, 1.807) is 65.0 Å². The number of amides is 2. The number of nitriles is 1. The van der Waals surface area contributed by atoms with Crippen molar-refractivity contribution in [2.24, 2.45) is 29.0 Å². The van der Waals surface area contributed by atoms with E-state index in [0.717, 1.165) is 11.1 Å². The van der Waals surface area contributed by atoms with Gasteiger partial charge < -0.3 is 36.9 Å². The Bertz CT molecular complexity index is 2510. The van der Waals surface area contributed by atoms with Crippen molar-refractivity contribution in [3.63, 3.8) is 0 Å². The number of ketones is 3. The van der Waals surface area contributed by atoms with E-state index < -0.39 is 47.1 Å². The van der Waals surface area contributed by atoms with Crippen LogP contribution >= 0.6 is 0 Å². The van der Waals surface area contributed by atoms with Gasteiger partial charge in [-0.1, -0.05) is 64.1 Å². The van der Waals surface area contributed by atoms with Gasteiger partial charge in [0.2, 0.25) is 11.8 Å². The quantitative estimate of drug-likeness (QED) is 0.0836. The van der Waals surface area contributed by atoms with Crippen LogP contribution in [0, 0.1) is 37.0 Å². The molecule has 0 saturated heterocycles. The smallest absolute Gasteiger partial charge is 0.226 e. The largest absolute Gasteiger partial charge is 0.492 e. The zero-order chi connectivity index (χ0) is 50.1. The average Bonchev–Trinajstić information content (AvgIpc) is 3.27. The van der Waals surface area contributed by atoms with E-state index in [2.05, 4.69) is 26.1 Å². The molecule has 0 spiro atoms. The van der Waals surface area contributed by atoms with E-state index in [1.165, 1.54) is 11.9 Å². The lowest BCUT2D eigenvalue weighted by Crippen LogP contribution is -2.46. The Hall–Kier alpha value is -6.34. The van der Waals surface area contributed by atoms with Crippen LogP contribution in [0.1, 0.15) is 118 Å². The van der Waals surface area contributed by atoms with Crippen LogP contribution in [0.5, 0.6) is 11.5 Å². The molecule has 7 N–H and O–H groups in total. The number of carbonyl (C=O) groups excluding carboxylic acids is 5. The average molecular weight is 929 g/mol. The zero-order valence-corrected chi connectivity index (χ0v) is 41.0. The van der Waals surface area contributed by atoms with Crippen LogP contribution < -0.4 is 32.0 Å². The van der Waals surface area contributed by atoms with Gasteiger partial charge >= 0.3 is 0 Å². The molecule has 0 fully saturated rings. The van der Waals surface area contributed by atoms with Crippen molar-refractivity contribution in [3.8, 4) is 40.1 Å². The van der Waals surface area contributed by atoms with Gasteiger partial charge in [0, 0.05) is 79.9 Å². The van der Waals surface area contributed by atoms with E-state index in [4.69, 9.17) is 36.6 Å². The number of rotatable bonds is 17. The molecule has 2 amide bonds. The number of nitrogens with zero attached hydrogens (tertiary/aromatic N) is 4. The third-order valence-corrected chi connectivity index (χ3v) is 12.1. The summed E-state index contributed by atoms with van der Waals surface area (Å²) in [7, 11) is 1.51. The fourth-order valence-corrected chi connectivity index (χ4v) is 8.70. The molecule has 3 aromatic carbocycles. The van der Waals surface area contributed by atoms with Gasteiger partial charge in [0.15, 0.2) is 23.2 Å². The van der Waals surface area contributed by atoms with Gasteiger partial charge in [0.25, 0.3) is 0 Å². The Balaban J connectivity index is 1.61. The summed E-state index contributed by atoms with van der Waals surface area (Å²) in [5.41, 5.74) is 22.7. The second-order valence-electron chi connectivity index (χ2n) is 19.6. The fraction of sp³-hybridized carbons (Fsp3) is 0.472. The molecule has 0 radical (unpaired) electrons. The van der Waals surface area contributed by atoms with E-state index in [9.17, 15) is 24.4 Å². The lowest BCUT2D eigenvalue weighted by atomic mass is 9.84. The molecule has 1 aliphatic rings. The second kappa shape index (κ2) is 22.6. The van der Waals surface area contributed by atoms with Gasteiger partial charge in [-0.05, 0) is 86.9 Å². The lowest BCUT2D eigenvalue weighted by molar-refractivity contribution is -0.143. The molecule has 5 rings (SSSR count). The van der Waals surface area contributed by atoms with Crippen molar-refractivity contribution in [1.29, 1.82) is 5.26 Å². The monoisotopic (exact) mass is 929 g/mol. The molecular weight excluding hydrogens is 861 g/mol. The van der Waals surface area contributed by atoms with E-state index >= 15 is 4.79 Å². The predicted molar refractivity (Wildman–Crippen MR) is 262 cm³/mol. The number of fused-ring (bicyclic) bond motifs is 5. The maximum absolute atomic E-state index is 15.1. The van der Waals surface area contributed by atoms with Crippen LogP contribution in [0.2, 0.25) is 0 Å².